The lowest BCUT2D eigenvalue weighted by Gasteiger charge is -2.36. The lowest BCUT2D eigenvalue weighted by Crippen LogP contribution is -2.51. The number of carbonyl (C=O) groups excluding carboxylic acids is 1. The molecule has 0 unspecified atom stereocenters. The van der Waals surface area contributed by atoms with Gasteiger partial charge in [-0.3, -0.25) is 4.79 Å². The van der Waals surface area contributed by atoms with Crippen molar-refractivity contribution in [1.29, 1.82) is 0 Å². The molecule has 0 aliphatic carbocycles. The van der Waals surface area contributed by atoms with Gasteiger partial charge in [-0.2, -0.15) is 0 Å². The Balaban J connectivity index is 1.60. The molecule has 6 heteroatoms. The van der Waals surface area contributed by atoms with E-state index in [1.54, 1.807) is 0 Å². The van der Waals surface area contributed by atoms with Crippen molar-refractivity contribution in [2.24, 2.45) is 0 Å². The van der Waals surface area contributed by atoms with Crippen LogP contribution in [0.2, 0.25) is 5.02 Å². The molecule has 2 aromatic rings. The van der Waals surface area contributed by atoms with Gasteiger partial charge in [-0.15, -0.1) is 0 Å². The Bertz CT molecular complexity index is 794. The maximum absolute atomic E-state index is 12.5. The summed E-state index contributed by atoms with van der Waals surface area (Å²) in [6.45, 7) is 6.73. The average molecular weight is 388 g/mol. The number of nitrogens with one attached hydrogen (secondary N) is 1. The summed E-state index contributed by atoms with van der Waals surface area (Å²) in [5.74, 6) is 0.0709. The van der Waals surface area contributed by atoms with E-state index in [9.17, 15) is 4.79 Å². The lowest BCUT2D eigenvalue weighted by atomic mass is 10.1. The molecule has 0 saturated carbocycles. The molecule has 0 aromatic heterocycles. The fourth-order valence-corrected chi connectivity index (χ4v) is 3.79. The van der Waals surface area contributed by atoms with E-state index in [1.807, 2.05) is 55.1 Å². The van der Waals surface area contributed by atoms with Gasteiger partial charge in [0, 0.05) is 31.7 Å². The zero-order chi connectivity index (χ0) is 18.7. The van der Waals surface area contributed by atoms with Gasteiger partial charge in [0.15, 0.2) is 5.11 Å². The van der Waals surface area contributed by atoms with Gasteiger partial charge in [-0.1, -0.05) is 35.9 Å². The fraction of sp³-hybridized carbons (Fsp3) is 0.300. The first-order valence-corrected chi connectivity index (χ1v) is 9.41. The highest BCUT2D eigenvalue weighted by molar-refractivity contribution is 7.80. The van der Waals surface area contributed by atoms with Crippen molar-refractivity contribution < 1.29 is 4.79 Å². The molecule has 0 atom stereocenters. The van der Waals surface area contributed by atoms with Crippen LogP contribution in [0.3, 0.4) is 0 Å². The highest BCUT2D eigenvalue weighted by Crippen LogP contribution is 2.27. The van der Waals surface area contributed by atoms with E-state index < -0.39 is 0 Å². The third-order valence-corrected chi connectivity index (χ3v) is 5.20. The minimum atomic E-state index is 0.0709. The molecule has 1 amide bonds. The van der Waals surface area contributed by atoms with E-state index in [4.69, 9.17) is 23.8 Å². The second-order valence-electron chi connectivity index (χ2n) is 6.51. The molecule has 1 aliphatic heterocycles. The Labute approximate surface area is 164 Å². The summed E-state index contributed by atoms with van der Waals surface area (Å²) in [5.41, 5.74) is 3.76. The number of hydrogen-bond acceptors (Lipinski definition) is 2. The van der Waals surface area contributed by atoms with Gasteiger partial charge in [0.1, 0.15) is 0 Å². The van der Waals surface area contributed by atoms with Gasteiger partial charge in [0.05, 0.1) is 10.7 Å². The predicted octanol–water partition coefficient (Wildman–Crippen LogP) is 4.11. The summed E-state index contributed by atoms with van der Waals surface area (Å²) in [7, 11) is 0. The molecule has 26 heavy (non-hydrogen) atoms. The topological polar surface area (TPSA) is 35.6 Å². The van der Waals surface area contributed by atoms with Gasteiger partial charge < -0.3 is 15.1 Å². The zero-order valence-electron chi connectivity index (χ0n) is 15.0. The Kier molecular flexibility index (Phi) is 5.79. The van der Waals surface area contributed by atoms with Gasteiger partial charge in [0.2, 0.25) is 0 Å². The molecule has 4 nitrogen and oxygen atoms in total. The number of amides is 1. The SMILES string of the molecule is Cc1cc(C)c(NC(=S)N2CCN(C(=O)c3ccccc3)CC2)c(Cl)c1. The van der Waals surface area contributed by atoms with E-state index in [1.165, 1.54) is 0 Å². The van der Waals surface area contributed by atoms with E-state index in [0.717, 1.165) is 22.4 Å². The molecule has 1 aliphatic rings. The van der Waals surface area contributed by atoms with Gasteiger partial charge in [-0.25, -0.2) is 0 Å². The lowest BCUT2D eigenvalue weighted by molar-refractivity contribution is 0.0693. The van der Waals surface area contributed by atoms with Gasteiger partial charge in [0.25, 0.3) is 5.91 Å². The normalized spacial score (nSPS) is 14.3. The van der Waals surface area contributed by atoms with Crippen molar-refractivity contribution in [2.45, 2.75) is 13.8 Å². The molecule has 2 aromatic carbocycles. The van der Waals surface area contributed by atoms with Crippen molar-refractivity contribution >= 4 is 40.5 Å². The Morgan fingerprint density at radius 3 is 2.27 bits per heavy atom. The summed E-state index contributed by atoms with van der Waals surface area (Å²) >= 11 is 11.9. The molecule has 1 heterocycles. The number of aryl methyl sites for hydroxylation is 2. The highest BCUT2D eigenvalue weighted by Gasteiger charge is 2.23. The number of carbonyl (C=O) groups is 1. The monoisotopic (exact) mass is 387 g/mol. The van der Waals surface area contributed by atoms with Crippen LogP contribution in [0.1, 0.15) is 21.5 Å². The van der Waals surface area contributed by atoms with Crippen molar-refractivity contribution in [3.63, 3.8) is 0 Å². The van der Waals surface area contributed by atoms with E-state index >= 15 is 0 Å². The molecule has 1 N–H and O–H groups in total. The molecule has 1 fully saturated rings. The number of rotatable bonds is 2. The first kappa shape index (κ1) is 18.7. The fourth-order valence-electron chi connectivity index (χ4n) is 3.14. The maximum Gasteiger partial charge on any atom is 0.253 e. The van der Waals surface area contributed by atoms with Crippen molar-refractivity contribution in [2.75, 3.05) is 31.5 Å². The number of piperazine rings is 1. The number of nitrogens with zero attached hydrogens (tertiary/aromatic N) is 2. The van der Waals surface area contributed by atoms with Crippen LogP contribution >= 0.6 is 23.8 Å². The van der Waals surface area contributed by atoms with Crippen LogP contribution in [0.15, 0.2) is 42.5 Å². The molecule has 3 rings (SSSR count). The van der Waals surface area contributed by atoms with Crippen LogP contribution in [-0.2, 0) is 0 Å². The van der Waals surface area contributed by atoms with Gasteiger partial charge >= 0.3 is 0 Å². The first-order valence-electron chi connectivity index (χ1n) is 8.62. The van der Waals surface area contributed by atoms with Crippen LogP contribution in [0.4, 0.5) is 5.69 Å². The largest absolute Gasteiger partial charge is 0.345 e. The third kappa shape index (κ3) is 4.17. The molecule has 0 radical (unpaired) electrons. The standard InChI is InChI=1S/C20H22ClN3OS/c1-14-12-15(2)18(17(21)13-14)22-20(26)24-10-8-23(9-11-24)19(25)16-6-4-3-5-7-16/h3-7,12-13H,8-11H2,1-2H3,(H,22,26). The summed E-state index contributed by atoms with van der Waals surface area (Å²) in [4.78, 5) is 16.5. The highest BCUT2D eigenvalue weighted by atomic mass is 35.5. The quantitative estimate of drug-likeness (QED) is 0.786. The molecule has 0 spiro atoms. The maximum atomic E-state index is 12.5. The number of halogens is 1. The second-order valence-corrected chi connectivity index (χ2v) is 7.31. The van der Waals surface area contributed by atoms with Crippen LogP contribution < -0.4 is 5.32 Å². The number of hydrogen-bond donors (Lipinski definition) is 1. The summed E-state index contributed by atoms with van der Waals surface area (Å²) in [5, 5.41) is 4.59. The van der Waals surface area contributed by atoms with Crippen LogP contribution in [0, 0.1) is 13.8 Å². The van der Waals surface area contributed by atoms with Crippen molar-refractivity contribution in [1.82, 2.24) is 9.80 Å². The zero-order valence-corrected chi connectivity index (χ0v) is 16.5. The smallest absolute Gasteiger partial charge is 0.253 e. The predicted molar refractivity (Wildman–Crippen MR) is 111 cm³/mol. The number of thiocarbonyl (C=S) groups is 1. The van der Waals surface area contributed by atoms with Crippen LogP contribution in [0.5, 0.6) is 0 Å². The summed E-state index contributed by atoms with van der Waals surface area (Å²) in [6.07, 6.45) is 0. The summed E-state index contributed by atoms with van der Waals surface area (Å²) in [6, 6.07) is 13.4. The Morgan fingerprint density at radius 2 is 1.65 bits per heavy atom. The van der Waals surface area contributed by atoms with Crippen molar-refractivity contribution in [3.05, 3.63) is 64.2 Å². The van der Waals surface area contributed by atoms with Crippen molar-refractivity contribution in [3.8, 4) is 0 Å². The minimum absolute atomic E-state index is 0.0709. The molecule has 1 saturated heterocycles. The van der Waals surface area contributed by atoms with Crippen LogP contribution in [0.25, 0.3) is 0 Å². The Hall–Kier alpha value is -2.11. The molecule has 136 valence electrons. The average Bonchev–Trinajstić information content (AvgIpc) is 2.64. The van der Waals surface area contributed by atoms with E-state index in [-0.39, 0.29) is 5.91 Å². The van der Waals surface area contributed by atoms with E-state index in [2.05, 4.69) is 16.3 Å². The summed E-state index contributed by atoms with van der Waals surface area (Å²) < 4.78 is 0. The van der Waals surface area contributed by atoms with Gasteiger partial charge in [-0.05, 0) is 55.4 Å². The molecule has 0 bridgehead atoms. The number of benzene rings is 2. The number of anilines is 1. The first-order chi connectivity index (χ1) is 12.5. The minimum Gasteiger partial charge on any atom is -0.345 e. The molecular weight excluding hydrogens is 366 g/mol. The Morgan fingerprint density at radius 1 is 1.04 bits per heavy atom. The third-order valence-electron chi connectivity index (χ3n) is 4.54. The van der Waals surface area contributed by atoms with E-state index in [0.29, 0.717) is 36.3 Å². The molecular formula is C20H22ClN3OS. The second kappa shape index (κ2) is 8.06. The van der Waals surface area contributed by atoms with Crippen LogP contribution in [-0.4, -0.2) is 47.0 Å².